The normalized spacial score (nSPS) is 18.3. The molecule has 1 fully saturated rings. The zero-order chi connectivity index (χ0) is 16.1. The van der Waals surface area contributed by atoms with Crippen LogP contribution in [0.25, 0.3) is 0 Å². The van der Waals surface area contributed by atoms with Gasteiger partial charge in [-0.1, -0.05) is 6.92 Å². The molecule has 0 saturated carbocycles. The van der Waals surface area contributed by atoms with E-state index in [0.29, 0.717) is 0 Å². The summed E-state index contributed by atoms with van der Waals surface area (Å²) in [5, 5.41) is 6.33. The number of likely N-dealkylation sites (tertiary alicyclic amines) is 1. The maximum atomic E-state index is 12.0. The molecule has 2 N–H and O–H groups in total. The van der Waals surface area contributed by atoms with Crippen LogP contribution in [0, 0.1) is 5.41 Å². The van der Waals surface area contributed by atoms with Crippen molar-refractivity contribution in [1.82, 2.24) is 15.5 Å². The number of ether oxygens (including phenoxy) is 1. The van der Waals surface area contributed by atoms with Crippen molar-refractivity contribution in [3.05, 3.63) is 0 Å². The molecule has 0 atom stereocenters. The maximum Gasteiger partial charge on any atom is 0.410 e. The molecule has 1 aliphatic rings. The van der Waals surface area contributed by atoms with Gasteiger partial charge in [0.25, 0.3) is 0 Å². The van der Waals surface area contributed by atoms with Crippen molar-refractivity contribution >= 4 is 36.0 Å². The van der Waals surface area contributed by atoms with Gasteiger partial charge in [-0.25, -0.2) is 4.79 Å². The molecule has 0 aromatic heterocycles. The number of aliphatic imine (C=N–C) groups is 1. The Balaban J connectivity index is 0.00000441. The number of rotatable bonds is 2. The van der Waals surface area contributed by atoms with Crippen LogP contribution in [0.4, 0.5) is 4.79 Å². The molecule has 0 spiro atoms. The van der Waals surface area contributed by atoms with Gasteiger partial charge < -0.3 is 20.3 Å². The molecule has 1 heterocycles. The highest BCUT2D eigenvalue weighted by Gasteiger charge is 2.33. The van der Waals surface area contributed by atoms with Crippen molar-refractivity contribution in [3.63, 3.8) is 0 Å². The zero-order valence-corrected chi connectivity index (χ0v) is 17.0. The Morgan fingerprint density at radius 1 is 1.32 bits per heavy atom. The third-order valence-corrected chi connectivity index (χ3v) is 3.77. The molecule has 7 heteroatoms. The molecular formula is C15H31IN4O2. The summed E-state index contributed by atoms with van der Waals surface area (Å²) in [6.45, 7) is 10.3. The number of piperidine rings is 1. The van der Waals surface area contributed by atoms with E-state index in [0.717, 1.165) is 38.4 Å². The first kappa shape index (κ1) is 21.3. The number of nitrogens with zero attached hydrogens (tertiary/aromatic N) is 2. The minimum atomic E-state index is -0.432. The Morgan fingerprint density at radius 2 is 1.86 bits per heavy atom. The number of carbonyl (C=O) groups is 1. The highest BCUT2D eigenvalue weighted by Crippen LogP contribution is 2.30. The first-order chi connectivity index (χ1) is 9.69. The summed E-state index contributed by atoms with van der Waals surface area (Å²) in [4.78, 5) is 18.0. The van der Waals surface area contributed by atoms with E-state index in [9.17, 15) is 4.79 Å². The summed E-state index contributed by atoms with van der Waals surface area (Å²) >= 11 is 0. The molecule has 1 amide bonds. The van der Waals surface area contributed by atoms with Crippen molar-refractivity contribution < 1.29 is 9.53 Å². The second-order valence-electron chi connectivity index (χ2n) is 6.95. The summed E-state index contributed by atoms with van der Waals surface area (Å²) in [6, 6.07) is 0. The fourth-order valence-corrected chi connectivity index (χ4v) is 2.31. The second kappa shape index (κ2) is 8.79. The van der Waals surface area contributed by atoms with Crippen LogP contribution in [0.3, 0.4) is 0 Å². The van der Waals surface area contributed by atoms with E-state index in [1.807, 2.05) is 27.8 Å². The molecule has 0 unspecified atom stereocenters. The van der Waals surface area contributed by atoms with E-state index in [4.69, 9.17) is 4.74 Å². The van der Waals surface area contributed by atoms with E-state index in [1.54, 1.807) is 11.9 Å². The molecule has 6 nitrogen and oxygen atoms in total. The number of nitrogens with one attached hydrogen (secondary N) is 2. The fourth-order valence-electron chi connectivity index (χ4n) is 2.31. The third-order valence-electron chi connectivity index (χ3n) is 3.77. The Hall–Kier alpha value is -0.730. The number of guanidine groups is 1. The monoisotopic (exact) mass is 426 g/mol. The quantitative estimate of drug-likeness (QED) is 0.405. The van der Waals surface area contributed by atoms with Crippen molar-refractivity contribution in [2.75, 3.05) is 33.7 Å². The van der Waals surface area contributed by atoms with Gasteiger partial charge in [0.15, 0.2) is 5.96 Å². The van der Waals surface area contributed by atoms with Crippen molar-refractivity contribution in [2.24, 2.45) is 10.4 Å². The molecule has 0 bridgehead atoms. The van der Waals surface area contributed by atoms with Crippen LogP contribution >= 0.6 is 24.0 Å². The summed E-state index contributed by atoms with van der Waals surface area (Å²) in [5.74, 6) is 0.797. The molecule has 0 aromatic rings. The molecule has 1 aliphatic heterocycles. The smallest absolute Gasteiger partial charge is 0.410 e. The number of amides is 1. The van der Waals surface area contributed by atoms with Crippen LogP contribution in [-0.2, 0) is 4.74 Å². The molecule has 1 rings (SSSR count). The maximum absolute atomic E-state index is 12.0. The number of carbonyl (C=O) groups excluding carboxylic acids is 1. The van der Waals surface area contributed by atoms with Crippen molar-refractivity contribution in [2.45, 2.75) is 46.1 Å². The van der Waals surface area contributed by atoms with Crippen molar-refractivity contribution in [1.29, 1.82) is 0 Å². The van der Waals surface area contributed by atoms with Crippen LogP contribution < -0.4 is 10.6 Å². The second-order valence-corrected chi connectivity index (χ2v) is 6.95. The average Bonchev–Trinajstić information content (AvgIpc) is 2.38. The first-order valence-electron chi connectivity index (χ1n) is 7.55. The van der Waals surface area contributed by atoms with Crippen LogP contribution in [0.2, 0.25) is 0 Å². The molecule has 1 saturated heterocycles. The van der Waals surface area contributed by atoms with Gasteiger partial charge >= 0.3 is 6.09 Å². The number of hydrogen-bond acceptors (Lipinski definition) is 3. The summed E-state index contributed by atoms with van der Waals surface area (Å²) in [7, 11) is 3.61. The van der Waals surface area contributed by atoms with Crippen molar-refractivity contribution in [3.8, 4) is 0 Å². The fraction of sp³-hybridized carbons (Fsp3) is 0.867. The molecule has 0 aromatic carbocycles. The van der Waals surface area contributed by atoms with E-state index in [2.05, 4.69) is 22.5 Å². The molecule has 0 radical (unpaired) electrons. The van der Waals surface area contributed by atoms with Gasteiger partial charge in [0.1, 0.15) is 5.60 Å². The van der Waals surface area contributed by atoms with E-state index >= 15 is 0 Å². The highest BCUT2D eigenvalue weighted by molar-refractivity contribution is 14.0. The minimum Gasteiger partial charge on any atom is -0.444 e. The van der Waals surface area contributed by atoms with Gasteiger partial charge in [-0.2, -0.15) is 0 Å². The Labute approximate surface area is 151 Å². The number of hydrogen-bond donors (Lipinski definition) is 2. The molecular weight excluding hydrogens is 395 g/mol. The van der Waals surface area contributed by atoms with Gasteiger partial charge in [-0.05, 0) is 39.0 Å². The SMILES string of the molecule is CN=C(NC)NCC1(C)CCN(C(=O)OC(C)(C)C)CC1.I. The number of halogens is 1. The van der Waals surface area contributed by atoms with Gasteiger partial charge in [0.05, 0.1) is 0 Å². The van der Waals surface area contributed by atoms with E-state index < -0.39 is 5.60 Å². The first-order valence-corrected chi connectivity index (χ1v) is 7.55. The minimum absolute atomic E-state index is 0. The summed E-state index contributed by atoms with van der Waals surface area (Å²) < 4.78 is 5.42. The zero-order valence-electron chi connectivity index (χ0n) is 14.7. The van der Waals surface area contributed by atoms with E-state index in [-0.39, 0.29) is 35.5 Å². The lowest BCUT2D eigenvalue weighted by atomic mass is 9.80. The van der Waals surface area contributed by atoms with Crippen LogP contribution in [-0.4, -0.2) is 56.3 Å². The average molecular weight is 426 g/mol. The van der Waals surface area contributed by atoms with Gasteiger partial charge in [0, 0.05) is 33.7 Å². The van der Waals surface area contributed by atoms with Crippen LogP contribution in [0.1, 0.15) is 40.5 Å². The van der Waals surface area contributed by atoms with E-state index in [1.165, 1.54) is 0 Å². The Morgan fingerprint density at radius 3 is 2.27 bits per heavy atom. The summed E-state index contributed by atoms with van der Waals surface area (Å²) in [5.41, 5.74) is -0.260. The van der Waals surface area contributed by atoms with Gasteiger partial charge in [-0.3, -0.25) is 4.99 Å². The van der Waals surface area contributed by atoms with Gasteiger partial charge in [0.2, 0.25) is 0 Å². The topological polar surface area (TPSA) is 66.0 Å². The Bertz CT molecular complexity index is 385. The Kier molecular flexibility index (Phi) is 8.49. The lowest BCUT2D eigenvalue weighted by Crippen LogP contribution is -2.49. The summed E-state index contributed by atoms with van der Waals surface area (Å²) in [6.07, 6.45) is 1.71. The standard InChI is InChI=1S/C15H30N4O2.HI/c1-14(2,3)21-13(20)19-9-7-15(4,8-10-19)11-18-12(16-5)17-6;/h7-11H2,1-6H3,(H2,16,17,18);1H. The molecule has 0 aliphatic carbocycles. The molecule has 22 heavy (non-hydrogen) atoms. The van der Waals surface area contributed by atoms with Gasteiger partial charge in [-0.15, -0.1) is 24.0 Å². The molecule has 130 valence electrons. The highest BCUT2D eigenvalue weighted by atomic mass is 127. The predicted molar refractivity (Wildman–Crippen MR) is 101 cm³/mol. The third kappa shape index (κ3) is 7.02. The predicted octanol–water partition coefficient (Wildman–Crippen LogP) is 2.44. The van der Waals surface area contributed by atoms with Crippen LogP contribution in [0.15, 0.2) is 4.99 Å². The van der Waals surface area contributed by atoms with Crippen LogP contribution in [0.5, 0.6) is 0 Å². The lowest BCUT2D eigenvalue weighted by Gasteiger charge is -2.40. The lowest BCUT2D eigenvalue weighted by molar-refractivity contribution is 0.0123. The largest absolute Gasteiger partial charge is 0.444 e.